The molecule has 0 heterocycles. The Morgan fingerprint density at radius 2 is 1.86 bits per heavy atom. The zero-order chi connectivity index (χ0) is 21.1. The van der Waals surface area contributed by atoms with E-state index in [0.29, 0.717) is 25.9 Å². The highest BCUT2D eigenvalue weighted by molar-refractivity contribution is 5.42. The molecule has 6 heteroatoms. The van der Waals surface area contributed by atoms with Crippen molar-refractivity contribution in [1.82, 2.24) is 9.80 Å². The van der Waals surface area contributed by atoms with Crippen molar-refractivity contribution in [3.8, 4) is 11.5 Å². The van der Waals surface area contributed by atoms with E-state index < -0.39 is 6.10 Å². The van der Waals surface area contributed by atoms with Crippen LogP contribution in [0.4, 0.5) is 0 Å². The van der Waals surface area contributed by atoms with Gasteiger partial charge in [0.2, 0.25) is 0 Å². The smallest absolute Gasteiger partial charge is 0.161 e. The molecule has 1 aromatic carbocycles. The van der Waals surface area contributed by atoms with Crippen molar-refractivity contribution in [3.05, 3.63) is 23.8 Å². The lowest BCUT2D eigenvalue weighted by molar-refractivity contribution is -0.0319. The summed E-state index contributed by atoms with van der Waals surface area (Å²) >= 11 is 0. The summed E-state index contributed by atoms with van der Waals surface area (Å²) in [6.45, 7) is 3.40. The molecule has 29 heavy (non-hydrogen) atoms. The predicted octanol–water partition coefficient (Wildman–Crippen LogP) is 3.17. The van der Waals surface area contributed by atoms with E-state index in [1.807, 2.05) is 19.2 Å². The average molecular weight is 409 g/mol. The Labute approximate surface area is 176 Å². The van der Waals surface area contributed by atoms with E-state index in [-0.39, 0.29) is 0 Å². The Morgan fingerprint density at radius 3 is 2.55 bits per heavy atom. The highest BCUT2D eigenvalue weighted by Gasteiger charge is 2.17. The number of rotatable bonds is 13. The summed E-state index contributed by atoms with van der Waals surface area (Å²) in [4.78, 5) is 4.26. The minimum atomic E-state index is -0.469. The number of aliphatic hydroxyl groups excluding tert-OH is 1. The molecule has 1 unspecified atom stereocenters. The molecule has 0 aromatic heterocycles. The number of ether oxygens (including phenoxy) is 3. The number of aliphatic hydroxyl groups is 1. The first-order valence-electron chi connectivity index (χ1n) is 10.9. The lowest BCUT2D eigenvalue weighted by Crippen LogP contribution is -2.33. The molecule has 0 saturated heterocycles. The number of likely N-dealkylation sites (N-methyl/N-ethyl adjacent to an activating group) is 1. The molecule has 0 radical (unpaired) electrons. The second-order valence-electron chi connectivity index (χ2n) is 8.43. The Balaban J connectivity index is 1.75. The molecule has 1 fully saturated rings. The first kappa shape index (κ1) is 23.9. The van der Waals surface area contributed by atoms with Crippen LogP contribution in [0.3, 0.4) is 0 Å². The van der Waals surface area contributed by atoms with Gasteiger partial charge >= 0.3 is 0 Å². The van der Waals surface area contributed by atoms with E-state index in [9.17, 15) is 5.11 Å². The van der Waals surface area contributed by atoms with Gasteiger partial charge < -0.3 is 24.2 Å². The Hall–Kier alpha value is -1.34. The van der Waals surface area contributed by atoms with E-state index in [4.69, 9.17) is 14.2 Å². The van der Waals surface area contributed by atoms with Gasteiger partial charge in [0.05, 0.1) is 32.5 Å². The van der Waals surface area contributed by atoms with Gasteiger partial charge in [-0.1, -0.05) is 25.3 Å². The molecular weight excluding hydrogens is 368 g/mol. The molecule has 0 aliphatic heterocycles. The molecule has 1 aliphatic carbocycles. The van der Waals surface area contributed by atoms with E-state index in [1.54, 1.807) is 7.11 Å². The Morgan fingerprint density at radius 1 is 1.10 bits per heavy atom. The van der Waals surface area contributed by atoms with Crippen molar-refractivity contribution < 1.29 is 19.3 Å². The van der Waals surface area contributed by atoms with E-state index in [2.05, 4.69) is 30.0 Å². The summed E-state index contributed by atoms with van der Waals surface area (Å²) < 4.78 is 17.3. The second kappa shape index (κ2) is 13.1. The van der Waals surface area contributed by atoms with Crippen LogP contribution in [-0.4, -0.2) is 81.7 Å². The van der Waals surface area contributed by atoms with Gasteiger partial charge in [-0.15, -0.1) is 0 Å². The molecule has 0 spiro atoms. The maximum atomic E-state index is 10.3. The number of methoxy groups -OCH3 is 1. The highest BCUT2D eigenvalue weighted by atomic mass is 16.5. The highest BCUT2D eigenvalue weighted by Crippen LogP contribution is 2.28. The van der Waals surface area contributed by atoms with Crippen LogP contribution in [0.15, 0.2) is 18.2 Å². The van der Waals surface area contributed by atoms with Gasteiger partial charge in [-0.3, -0.25) is 4.90 Å². The normalized spacial score (nSPS) is 16.4. The molecule has 2 rings (SSSR count). The van der Waals surface area contributed by atoms with Gasteiger partial charge in [0.1, 0.15) is 0 Å². The fraction of sp³-hybridized carbons (Fsp3) is 0.739. The molecule has 0 bridgehead atoms. The molecular formula is C23H40N2O4. The van der Waals surface area contributed by atoms with Crippen LogP contribution in [0.5, 0.6) is 11.5 Å². The zero-order valence-corrected chi connectivity index (χ0v) is 18.7. The summed E-state index contributed by atoms with van der Waals surface area (Å²) in [5, 5.41) is 10.3. The summed E-state index contributed by atoms with van der Waals surface area (Å²) in [6.07, 6.45) is 6.91. The second-order valence-corrected chi connectivity index (χ2v) is 8.43. The number of hydrogen-bond acceptors (Lipinski definition) is 6. The summed E-state index contributed by atoms with van der Waals surface area (Å²) in [5.74, 6) is 1.53. The van der Waals surface area contributed by atoms with Crippen molar-refractivity contribution in [1.29, 1.82) is 0 Å². The Bertz CT molecular complexity index is 576. The molecule has 1 saturated carbocycles. The van der Waals surface area contributed by atoms with Crippen LogP contribution < -0.4 is 9.47 Å². The molecule has 1 N–H and O–H groups in total. The van der Waals surface area contributed by atoms with Crippen LogP contribution >= 0.6 is 0 Å². The van der Waals surface area contributed by atoms with Gasteiger partial charge in [0, 0.05) is 19.6 Å². The van der Waals surface area contributed by atoms with E-state index >= 15 is 0 Å². The average Bonchev–Trinajstić information content (AvgIpc) is 2.71. The summed E-state index contributed by atoms with van der Waals surface area (Å²) in [6, 6.07) is 6.05. The van der Waals surface area contributed by atoms with Crippen molar-refractivity contribution in [2.24, 2.45) is 0 Å². The molecule has 6 nitrogen and oxygen atoms in total. The monoisotopic (exact) mass is 408 g/mol. The van der Waals surface area contributed by atoms with Crippen LogP contribution in [0.25, 0.3) is 0 Å². The van der Waals surface area contributed by atoms with Crippen molar-refractivity contribution in [3.63, 3.8) is 0 Å². The van der Waals surface area contributed by atoms with Crippen molar-refractivity contribution >= 4 is 0 Å². The minimum absolute atomic E-state index is 0.332. The van der Waals surface area contributed by atoms with Gasteiger partial charge in [0.15, 0.2) is 11.5 Å². The number of benzene rings is 1. The third-order valence-electron chi connectivity index (χ3n) is 5.29. The maximum Gasteiger partial charge on any atom is 0.161 e. The van der Waals surface area contributed by atoms with Gasteiger partial charge in [-0.25, -0.2) is 0 Å². The zero-order valence-electron chi connectivity index (χ0n) is 18.7. The van der Waals surface area contributed by atoms with Crippen molar-refractivity contribution in [2.45, 2.75) is 57.3 Å². The van der Waals surface area contributed by atoms with E-state index in [1.165, 1.54) is 19.3 Å². The third-order valence-corrected chi connectivity index (χ3v) is 5.29. The standard InChI is InChI=1S/C23H40N2O4/c1-24(2)13-8-14-28-22-12-11-19(15-23(22)27-4)16-25(3)17-20(26)18-29-21-9-6-5-7-10-21/h11-12,15,20-21,26H,5-10,13-14,16-18H2,1-4H3. The fourth-order valence-electron chi connectivity index (χ4n) is 3.76. The Kier molecular flexibility index (Phi) is 10.8. The SMILES string of the molecule is COc1cc(CN(C)CC(O)COC2CCCCC2)ccc1OCCCN(C)C. The topological polar surface area (TPSA) is 54.4 Å². The fourth-order valence-corrected chi connectivity index (χ4v) is 3.76. The van der Waals surface area contributed by atoms with Gasteiger partial charge in [-0.2, -0.15) is 0 Å². The number of nitrogens with zero attached hydrogens (tertiary/aromatic N) is 2. The predicted molar refractivity (Wildman–Crippen MR) is 117 cm³/mol. The van der Waals surface area contributed by atoms with Crippen LogP contribution in [0.2, 0.25) is 0 Å². The van der Waals surface area contributed by atoms with E-state index in [0.717, 1.165) is 49.4 Å². The minimum Gasteiger partial charge on any atom is -0.493 e. The molecule has 0 amide bonds. The quantitative estimate of drug-likeness (QED) is 0.506. The first-order chi connectivity index (χ1) is 14.0. The molecule has 166 valence electrons. The van der Waals surface area contributed by atoms with Crippen LogP contribution in [0.1, 0.15) is 44.1 Å². The molecule has 1 aromatic rings. The summed E-state index contributed by atoms with van der Waals surface area (Å²) in [7, 11) is 7.81. The largest absolute Gasteiger partial charge is 0.493 e. The lowest BCUT2D eigenvalue weighted by Gasteiger charge is -2.25. The van der Waals surface area contributed by atoms with Gasteiger partial charge in [0.25, 0.3) is 0 Å². The van der Waals surface area contributed by atoms with Crippen LogP contribution in [-0.2, 0) is 11.3 Å². The first-order valence-corrected chi connectivity index (χ1v) is 10.9. The van der Waals surface area contributed by atoms with Crippen molar-refractivity contribution in [2.75, 3.05) is 54.6 Å². The number of hydrogen-bond donors (Lipinski definition) is 1. The summed E-state index contributed by atoms with van der Waals surface area (Å²) in [5.41, 5.74) is 1.13. The lowest BCUT2D eigenvalue weighted by atomic mass is 9.98. The third kappa shape index (κ3) is 9.34. The molecule has 1 atom stereocenters. The molecule has 1 aliphatic rings. The maximum absolute atomic E-state index is 10.3. The van der Waals surface area contributed by atoms with Gasteiger partial charge in [-0.05, 0) is 58.1 Å². The van der Waals surface area contributed by atoms with Crippen LogP contribution in [0, 0.1) is 0 Å².